The number of nitrogens with one attached hydrogen (secondary N) is 2. The van der Waals surface area contributed by atoms with Crippen molar-refractivity contribution in [3.8, 4) is 0 Å². The molecule has 2 aliphatic rings. The smallest absolute Gasteiger partial charge is 0.220 e. The number of rotatable bonds is 6. The molecule has 0 radical (unpaired) electrons. The van der Waals surface area contributed by atoms with Gasteiger partial charge in [0.05, 0.1) is 0 Å². The molecule has 2 fully saturated rings. The first-order valence-corrected chi connectivity index (χ1v) is 7.54. The number of piperazine rings is 1. The van der Waals surface area contributed by atoms with Gasteiger partial charge in [0.1, 0.15) is 0 Å². The van der Waals surface area contributed by atoms with Gasteiger partial charge < -0.3 is 10.6 Å². The van der Waals surface area contributed by atoms with Crippen LogP contribution >= 0.6 is 0 Å². The highest BCUT2D eigenvalue weighted by Gasteiger charge is 2.16. The van der Waals surface area contributed by atoms with Crippen LogP contribution in [0.1, 0.15) is 38.5 Å². The summed E-state index contributed by atoms with van der Waals surface area (Å²) in [7, 11) is 0. The van der Waals surface area contributed by atoms with Crippen LogP contribution in [-0.2, 0) is 4.79 Å². The lowest BCUT2D eigenvalue weighted by atomic mass is 10.0. The van der Waals surface area contributed by atoms with Crippen LogP contribution in [0.5, 0.6) is 0 Å². The fourth-order valence-corrected chi connectivity index (χ4v) is 3.01. The van der Waals surface area contributed by atoms with Crippen molar-refractivity contribution >= 4 is 5.91 Å². The van der Waals surface area contributed by atoms with Crippen molar-refractivity contribution in [1.82, 2.24) is 15.5 Å². The van der Waals surface area contributed by atoms with E-state index in [1.807, 2.05) is 0 Å². The standard InChI is InChI=1S/C14H27N3O/c18-14(6-5-13-3-1-2-4-13)16-9-12-17-10-7-15-8-11-17/h13,15H,1-12H2,(H,16,18). The molecule has 1 saturated carbocycles. The van der Waals surface area contributed by atoms with E-state index >= 15 is 0 Å². The number of hydrogen-bond acceptors (Lipinski definition) is 3. The summed E-state index contributed by atoms with van der Waals surface area (Å²) in [6.45, 7) is 6.18. The maximum Gasteiger partial charge on any atom is 0.220 e. The minimum Gasteiger partial charge on any atom is -0.355 e. The lowest BCUT2D eigenvalue weighted by Crippen LogP contribution is -2.46. The predicted molar refractivity (Wildman–Crippen MR) is 73.5 cm³/mol. The van der Waals surface area contributed by atoms with Gasteiger partial charge in [-0.05, 0) is 12.3 Å². The van der Waals surface area contributed by atoms with Crippen molar-refractivity contribution < 1.29 is 4.79 Å². The lowest BCUT2D eigenvalue weighted by molar-refractivity contribution is -0.121. The van der Waals surface area contributed by atoms with Crippen LogP contribution < -0.4 is 10.6 Å². The molecule has 1 saturated heterocycles. The Morgan fingerprint density at radius 3 is 2.67 bits per heavy atom. The fraction of sp³-hybridized carbons (Fsp3) is 0.929. The minimum absolute atomic E-state index is 0.247. The first-order valence-electron chi connectivity index (χ1n) is 7.54. The third kappa shape index (κ3) is 4.94. The zero-order valence-corrected chi connectivity index (χ0v) is 11.4. The molecule has 1 aliphatic carbocycles. The van der Waals surface area contributed by atoms with Crippen LogP contribution in [0.2, 0.25) is 0 Å². The molecule has 0 atom stereocenters. The van der Waals surface area contributed by atoms with E-state index in [0.29, 0.717) is 0 Å². The Kier molecular flexibility index (Phi) is 5.94. The minimum atomic E-state index is 0.247. The highest BCUT2D eigenvalue weighted by molar-refractivity contribution is 5.75. The molecule has 1 amide bonds. The van der Waals surface area contributed by atoms with Crippen LogP contribution in [0.15, 0.2) is 0 Å². The molecule has 0 aromatic rings. The molecule has 1 aliphatic heterocycles. The zero-order valence-electron chi connectivity index (χ0n) is 11.4. The van der Waals surface area contributed by atoms with Gasteiger partial charge in [-0.2, -0.15) is 0 Å². The second-order valence-corrected chi connectivity index (χ2v) is 5.63. The molecule has 18 heavy (non-hydrogen) atoms. The third-order valence-corrected chi connectivity index (χ3v) is 4.21. The summed E-state index contributed by atoms with van der Waals surface area (Å²) < 4.78 is 0. The molecule has 4 nitrogen and oxygen atoms in total. The maximum atomic E-state index is 11.7. The summed E-state index contributed by atoms with van der Waals surface area (Å²) in [4.78, 5) is 14.1. The van der Waals surface area contributed by atoms with Gasteiger partial charge in [0.2, 0.25) is 5.91 Å². The third-order valence-electron chi connectivity index (χ3n) is 4.21. The Labute approximate surface area is 110 Å². The predicted octanol–water partition coefficient (Wildman–Crippen LogP) is 0.978. The summed E-state index contributed by atoms with van der Waals surface area (Å²) in [5.41, 5.74) is 0. The fourth-order valence-electron chi connectivity index (χ4n) is 3.01. The van der Waals surface area contributed by atoms with Crippen LogP contribution in [0.4, 0.5) is 0 Å². The normalized spacial score (nSPS) is 22.2. The van der Waals surface area contributed by atoms with E-state index in [-0.39, 0.29) is 5.91 Å². The van der Waals surface area contributed by atoms with Gasteiger partial charge in [-0.25, -0.2) is 0 Å². The number of amides is 1. The number of carbonyl (C=O) groups is 1. The van der Waals surface area contributed by atoms with Crippen molar-refractivity contribution in [3.63, 3.8) is 0 Å². The number of nitrogens with zero attached hydrogens (tertiary/aromatic N) is 1. The van der Waals surface area contributed by atoms with Crippen molar-refractivity contribution in [2.45, 2.75) is 38.5 Å². The van der Waals surface area contributed by atoms with Gasteiger partial charge in [-0.15, -0.1) is 0 Å². The Balaban J connectivity index is 1.48. The molecule has 0 aromatic heterocycles. The molecule has 2 rings (SSSR count). The molecule has 0 bridgehead atoms. The first kappa shape index (κ1) is 13.8. The lowest BCUT2D eigenvalue weighted by Gasteiger charge is -2.27. The van der Waals surface area contributed by atoms with E-state index in [4.69, 9.17) is 0 Å². The quantitative estimate of drug-likeness (QED) is 0.741. The molecular weight excluding hydrogens is 226 g/mol. The van der Waals surface area contributed by atoms with E-state index in [2.05, 4.69) is 15.5 Å². The molecule has 0 spiro atoms. The Morgan fingerprint density at radius 1 is 1.22 bits per heavy atom. The molecule has 104 valence electrons. The highest BCUT2D eigenvalue weighted by atomic mass is 16.1. The molecular formula is C14H27N3O. The van der Waals surface area contributed by atoms with Crippen molar-refractivity contribution in [1.29, 1.82) is 0 Å². The van der Waals surface area contributed by atoms with E-state index in [1.54, 1.807) is 0 Å². The molecule has 1 heterocycles. The van der Waals surface area contributed by atoms with Gasteiger partial charge in [-0.1, -0.05) is 25.7 Å². The van der Waals surface area contributed by atoms with Crippen molar-refractivity contribution in [2.24, 2.45) is 5.92 Å². The Morgan fingerprint density at radius 2 is 1.94 bits per heavy atom. The Hall–Kier alpha value is -0.610. The first-order chi connectivity index (χ1) is 8.84. The summed E-state index contributed by atoms with van der Waals surface area (Å²) >= 11 is 0. The van der Waals surface area contributed by atoms with Crippen LogP contribution in [0.3, 0.4) is 0 Å². The molecule has 0 unspecified atom stereocenters. The summed E-state index contributed by atoms with van der Waals surface area (Å²) in [5, 5.41) is 6.39. The average Bonchev–Trinajstić information content (AvgIpc) is 2.91. The van der Waals surface area contributed by atoms with E-state index < -0.39 is 0 Å². The molecule has 4 heteroatoms. The zero-order chi connectivity index (χ0) is 12.6. The monoisotopic (exact) mass is 253 g/mol. The largest absolute Gasteiger partial charge is 0.355 e. The SMILES string of the molecule is O=C(CCC1CCCC1)NCCN1CCNCC1. The topological polar surface area (TPSA) is 44.4 Å². The van der Waals surface area contributed by atoms with Gasteiger partial charge in [0.25, 0.3) is 0 Å². The van der Waals surface area contributed by atoms with Gasteiger partial charge in [0.15, 0.2) is 0 Å². The van der Waals surface area contributed by atoms with E-state index in [9.17, 15) is 4.79 Å². The van der Waals surface area contributed by atoms with Gasteiger partial charge >= 0.3 is 0 Å². The molecule has 0 aromatic carbocycles. The Bertz CT molecular complexity index is 245. The van der Waals surface area contributed by atoms with Crippen molar-refractivity contribution in [2.75, 3.05) is 39.3 Å². The summed E-state index contributed by atoms with van der Waals surface area (Å²) in [6.07, 6.45) is 7.25. The number of hydrogen-bond donors (Lipinski definition) is 2. The van der Waals surface area contributed by atoms with E-state index in [0.717, 1.165) is 58.0 Å². The second-order valence-electron chi connectivity index (χ2n) is 5.63. The maximum absolute atomic E-state index is 11.7. The van der Waals surface area contributed by atoms with Gasteiger partial charge in [-0.3, -0.25) is 9.69 Å². The molecule has 2 N–H and O–H groups in total. The average molecular weight is 253 g/mol. The summed E-state index contributed by atoms with van der Waals surface area (Å²) in [6, 6.07) is 0. The van der Waals surface area contributed by atoms with Crippen molar-refractivity contribution in [3.05, 3.63) is 0 Å². The van der Waals surface area contributed by atoms with Gasteiger partial charge in [0, 0.05) is 45.7 Å². The van der Waals surface area contributed by atoms with Crippen LogP contribution in [0.25, 0.3) is 0 Å². The summed E-state index contributed by atoms with van der Waals surface area (Å²) in [5.74, 6) is 1.07. The van der Waals surface area contributed by atoms with E-state index in [1.165, 1.54) is 25.7 Å². The van der Waals surface area contributed by atoms with Crippen LogP contribution in [0, 0.1) is 5.92 Å². The number of carbonyl (C=O) groups excluding carboxylic acids is 1. The highest BCUT2D eigenvalue weighted by Crippen LogP contribution is 2.28. The van der Waals surface area contributed by atoms with Crippen LogP contribution in [-0.4, -0.2) is 50.1 Å². The second kappa shape index (κ2) is 7.74.